The molecule has 0 radical (unpaired) electrons. The molecule has 1 amide bonds. The van der Waals surface area contributed by atoms with E-state index in [2.05, 4.69) is 15.1 Å². The van der Waals surface area contributed by atoms with E-state index < -0.39 is 0 Å². The number of aromatic nitrogens is 3. The maximum Gasteiger partial charge on any atom is 0.257 e. The third-order valence-corrected chi connectivity index (χ3v) is 3.70. The second-order valence-corrected chi connectivity index (χ2v) is 5.69. The Morgan fingerprint density at radius 1 is 1.30 bits per heavy atom. The molecule has 6 nitrogen and oxygen atoms in total. The van der Waals surface area contributed by atoms with E-state index in [4.69, 9.17) is 4.52 Å². The molecule has 3 heterocycles. The summed E-state index contributed by atoms with van der Waals surface area (Å²) in [6, 6.07) is 7.51. The second kappa shape index (κ2) is 6.16. The van der Waals surface area contributed by atoms with E-state index in [0.717, 1.165) is 16.8 Å². The quantitative estimate of drug-likeness (QED) is 0.740. The summed E-state index contributed by atoms with van der Waals surface area (Å²) in [6.07, 6.45) is 3.26. The first-order valence-corrected chi connectivity index (χ1v) is 7.49. The molecule has 0 N–H and O–H groups in total. The third-order valence-electron chi connectivity index (χ3n) is 3.70. The SMILES string of the molecule is Cc1noc2ncc(C(=O)N(Cc3ccccn3)C(C)C)cc12. The standard InChI is InChI=1S/C17H18N4O2/c1-11(2)21(10-14-6-4-5-7-18-14)17(22)13-8-15-12(3)20-23-16(15)19-9-13/h4-9,11H,10H2,1-3H3. The van der Waals surface area contributed by atoms with Gasteiger partial charge >= 0.3 is 0 Å². The topological polar surface area (TPSA) is 72.1 Å². The van der Waals surface area contributed by atoms with Crippen LogP contribution in [0.4, 0.5) is 0 Å². The number of pyridine rings is 2. The summed E-state index contributed by atoms with van der Waals surface area (Å²) in [5.41, 5.74) is 2.54. The van der Waals surface area contributed by atoms with Gasteiger partial charge in [0.25, 0.3) is 11.6 Å². The van der Waals surface area contributed by atoms with Crippen molar-refractivity contribution in [2.24, 2.45) is 0 Å². The highest BCUT2D eigenvalue weighted by Gasteiger charge is 2.21. The van der Waals surface area contributed by atoms with Crippen LogP contribution in [0.3, 0.4) is 0 Å². The highest BCUT2D eigenvalue weighted by molar-refractivity contribution is 5.97. The highest BCUT2D eigenvalue weighted by atomic mass is 16.5. The van der Waals surface area contributed by atoms with Crippen LogP contribution in [0.5, 0.6) is 0 Å². The smallest absolute Gasteiger partial charge is 0.257 e. The molecule has 0 fully saturated rings. The van der Waals surface area contributed by atoms with Gasteiger partial charge in [0, 0.05) is 18.4 Å². The Morgan fingerprint density at radius 2 is 2.13 bits per heavy atom. The number of amides is 1. The third kappa shape index (κ3) is 3.06. The lowest BCUT2D eigenvalue weighted by molar-refractivity contribution is 0.0687. The molecule has 0 aliphatic carbocycles. The van der Waals surface area contributed by atoms with Crippen molar-refractivity contribution in [3.05, 3.63) is 53.6 Å². The minimum Gasteiger partial charge on any atom is -0.336 e. The summed E-state index contributed by atoms with van der Waals surface area (Å²) >= 11 is 0. The van der Waals surface area contributed by atoms with Crippen LogP contribution in [0.2, 0.25) is 0 Å². The summed E-state index contributed by atoms with van der Waals surface area (Å²) in [6.45, 7) is 6.25. The van der Waals surface area contributed by atoms with E-state index in [0.29, 0.717) is 17.8 Å². The van der Waals surface area contributed by atoms with E-state index in [1.807, 2.05) is 39.0 Å². The molecule has 118 valence electrons. The molecule has 3 rings (SSSR count). The van der Waals surface area contributed by atoms with Crippen molar-refractivity contribution in [1.29, 1.82) is 0 Å². The molecule has 23 heavy (non-hydrogen) atoms. The lowest BCUT2D eigenvalue weighted by Crippen LogP contribution is -2.36. The van der Waals surface area contributed by atoms with Crippen molar-refractivity contribution < 1.29 is 9.32 Å². The number of nitrogens with zero attached hydrogens (tertiary/aromatic N) is 4. The average Bonchev–Trinajstić information content (AvgIpc) is 2.93. The average molecular weight is 310 g/mol. The zero-order valence-corrected chi connectivity index (χ0v) is 13.4. The van der Waals surface area contributed by atoms with Crippen molar-refractivity contribution in [3.8, 4) is 0 Å². The number of rotatable bonds is 4. The van der Waals surface area contributed by atoms with Gasteiger partial charge in [-0.3, -0.25) is 9.78 Å². The lowest BCUT2D eigenvalue weighted by atomic mass is 10.1. The summed E-state index contributed by atoms with van der Waals surface area (Å²) in [5.74, 6) is -0.0827. The molecule has 0 saturated heterocycles. The monoisotopic (exact) mass is 310 g/mol. The number of fused-ring (bicyclic) bond motifs is 1. The number of hydrogen-bond donors (Lipinski definition) is 0. The van der Waals surface area contributed by atoms with Crippen molar-refractivity contribution in [2.75, 3.05) is 0 Å². The van der Waals surface area contributed by atoms with Crippen LogP contribution in [0.25, 0.3) is 11.1 Å². The second-order valence-electron chi connectivity index (χ2n) is 5.69. The van der Waals surface area contributed by atoms with Gasteiger partial charge in [0.1, 0.15) is 0 Å². The largest absolute Gasteiger partial charge is 0.336 e. The highest BCUT2D eigenvalue weighted by Crippen LogP contribution is 2.19. The van der Waals surface area contributed by atoms with Crippen LogP contribution >= 0.6 is 0 Å². The van der Waals surface area contributed by atoms with Gasteiger partial charge in [-0.15, -0.1) is 0 Å². The summed E-state index contributed by atoms with van der Waals surface area (Å²) in [7, 11) is 0. The van der Waals surface area contributed by atoms with Crippen molar-refractivity contribution in [2.45, 2.75) is 33.4 Å². The Kier molecular flexibility index (Phi) is 4.06. The molecule has 0 unspecified atom stereocenters. The predicted molar refractivity (Wildman–Crippen MR) is 85.8 cm³/mol. The maximum absolute atomic E-state index is 12.9. The molecule has 0 atom stereocenters. The molecule has 0 aliphatic rings. The van der Waals surface area contributed by atoms with Crippen molar-refractivity contribution in [1.82, 2.24) is 20.0 Å². The Labute approximate surface area is 134 Å². The van der Waals surface area contributed by atoms with Crippen LogP contribution in [-0.4, -0.2) is 32.0 Å². The molecule has 3 aromatic heterocycles. The van der Waals surface area contributed by atoms with Gasteiger partial charge in [-0.05, 0) is 39.0 Å². The van der Waals surface area contributed by atoms with Gasteiger partial charge in [0.2, 0.25) is 0 Å². The summed E-state index contributed by atoms with van der Waals surface area (Å²) < 4.78 is 5.09. The maximum atomic E-state index is 12.9. The fraction of sp³-hybridized carbons (Fsp3) is 0.294. The first-order chi connectivity index (χ1) is 11.1. The minimum absolute atomic E-state index is 0.0452. The molecule has 0 spiro atoms. The van der Waals surface area contributed by atoms with Crippen LogP contribution in [0.15, 0.2) is 41.2 Å². The number of carbonyl (C=O) groups excluding carboxylic acids is 1. The van der Waals surface area contributed by atoms with E-state index in [-0.39, 0.29) is 11.9 Å². The first-order valence-electron chi connectivity index (χ1n) is 7.49. The molecule has 0 aromatic carbocycles. The van der Waals surface area contributed by atoms with Gasteiger partial charge in [-0.25, -0.2) is 4.98 Å². The molecule has 3 aromatic rings. The zero-order chi connectivity index (χ0) is 16.4. The fourth-order valence-electron chi connectivity index (χ4n) is 2.38. The first kappa shape index (κ1) is 15.1. The van der Waals surface area contributed by atoms with Crippen LogP contribution < -0.4 is 0 Å². The van der Waals surface area contributed by atoms with Crippen LogP contribution in [0.1, 0.15) is 35.6 Å². The van der Waals surface area contributed by atoms with Gasteiger partial charge in [-0.1, -0.05) is 11.2 Å². The molecular formula is C17H18N4O2. The Hall–Kier alpha value is -2.76. The van der Waals surface area contributed by atoms with E-state index in [1.54, 1.807) is 17.2 Å². The molecule has 6 heteroatoms. The van der Waals surface area contributed by atoms with Crippen molar-refractivity contribution in [3.63, 3.8) is 0 Å². The normalized spacial score (nSPS) is 11.1. The Morgan fingerprint density at radius 3 is 2.83 bits per heavy atom. The number of hydrogen-bond acceptors (Lipinski definition) is 5. The molecule has 0 aliphatic heterocycles. The van der Waals surface area contributed by atoms with Gasteiger partial charge in [0.05, 0.1) is 28.9 Å². The molecular weight excluding hydrogens is 292 g/mol. The minimum atomic E-state index is -0.0827. The van der Waals surface area contributed by atoms with Gasteiger partial charge in [-0.2, -0.15) is 0 Å². The van der Waals surface area contributed by atoms with Gasteiger partial charge in [0.15, 0.2) is 0 Å². The van der Waals surface area contributed by atoms with E-state index in [1.165, 1.54) is 6.20 Å². The molecule has 0 saturated carbocycles. The fourth-order valence-corrected chi connectivity index (χ4v) is 2.38. The van der Waals surface area contributed by atoms with Crippen molar-refractivity contribution >= 4 is 17.0 Å². The van der Waals surface area contributed by atoms with Gasteiger partial charge < -0.3 is 9.42 Å². The van der Waals surface area contributed by atoms with Crippen LogP contribution in [-0.2, 0) is 6.54 Å². The summed E-state index contributed by atoms with van der Waals surface area (Å²) in [5, 5.41) is 4.63. The Bertz CT molecular complexity index is 827. The van der Waals surface area contributed by atoms with E-state index in [9.17, 15) is 4.79 Å². The number of aryl methyl sites for hydroxylation is 1. The predicted octanol–water partition coefficient (Wildman–Crippen LogP) is 2.98. The number of carbonyl (C=O) groups is 1. The lowest BCUT2D eigenvalue weighted by Gasteiger charge is -2.26. The zero-order valence-electron chi connectivity index (χ0n) is 13.4. The Balaban J connectivity index is 1.91. The molecule has 0 bridgehead atoms. The van der Waals surface area contributed by atoms with Crippen LogP contribution in [0, 0.1) is 6.92 Å². The summed E-state index contributed by atoms with van der Waals surface area (Å²) in [4.78, 5) is 23.1. The van der Waals surface area contributed by atoms with E-state index >= 15 is 0 Å².